The molecule has 0 radical (unpaired) electrons. The minimum Gasteiger partial charge on any atom is -0.271 e. The van der Waals surface area contributed by atoms with Crippen molar-refractivity contribution in [3.63, 3.8) is 0 Å². The van der Waals surface area contributed by atoms with Gasteiger partial charge in [0.25, 0.3) is 0 Å². The number of hydrogen-bond donors (Lipinski definition) is 2. The highest BCUT2D eigenvalue weighted by atomic mass is 79.9. The molecule has 0 aliphatic heterocycles. The third-order valence-electron chi connectivity index (χ3n) is 3.04. The lowest BCUT2D eigenvalue weighted by atomic mass is 9.93. The number of rotatable bonds is 6. The molecule has 1 rings (SSSR count). The van der Waals surface area contributed by atoms with E-state index in [1.807, 2.05) is 12.1 Å². The zero-order valence-electron chi connectivity index (χ0n) is 9.91. The summed E-state index contributed by atoms with van der Waals surface area (Å²) in [5.41, 5.74) is 3.86. The van der Waals surface area contributed by atoms with Gasteiger partial charge in [-0.1, -0.05) is 26.7 Å². The average Bonchev–Trinajstić information content (AvgIpc) is 2.32. The lowest BCUT2D eigenvalue weighted by molar-refractivity contribution is 0.369. The fourth-order valence-electron chi connectivity index (χ4n) is 1.87. The Morgan fingerprint density at radius 2 is 2.12 bits per heavy atom. The van der Waals surface area contributed by atoms with E-state index in [1.165, 1.54) is 12.8 Å². The molecule has 1 heterocycles. The maximum Gasteiger partial charge on any atom is 0.0728 e. The van der Waals surface area contributed by atoms with Crippen LogP contribution in [0.1, 0.15) is 44.8 Å². The van der Waals surface area contributed by atoms with Gasteiger partial charge < -0.3 is 0 Å². The van der Waals surface area contributed by atoms with Crippen molar-refractivity contribution in [1.29, 1.82) is 0 Å². The lowest BCUT2D eigenvalue weighted by Gasteiger charge is -2.21. The molecule has 0 spiro atoms. The monoisotopic (exact) mass is 285 g/mol. The number of aromatic nitrogens is 1. The van der Waals surface area contributed by atoms with Crippen LogP contribution in [-0.4, -0.2) is 4.98 Å². The third-order valence-corrected chi connectivity index (χ3v) is 3.71. The van der Waals surface area contributed by atoms with Gasteiger partial charge in [0, 0.05) is 10.7 Å². The Bertz CT molecular complexity index is 313. The van der Waals surface area contributed by atoms with E-state index in [0.717, 1.165) is 16.6 Å². The number of halogens is 1. The van der Waals surface area contributed by atoms with Gasteiger partial charge in [0.2, 0.25) is 0 Å². The summed E-state index contributed by atoms with van der Waals surface area (Å²) in [6.07, 6.45) is 5.19. The topological polar surface area (TPSA) is 50.9 Å². The molecule has 4 heteroatoms. The van der Waals surface area contributed by atoms with Crippen molar-refractivity contribution in [2.24, 2.45) is 11.8 Å². The summed E-state index contributed by atoms with van der Waals surface area (Å²) in [6.45, 7) is 4.43. The first kappa shape index (κ1) is 13.6. The second kappa shape index (κ2) is 6.99. The highest BCUT2D eigenvalue weighted by Gasteiger charge is 2.17. The molecule has 16 heavy (non-hydrogen) atoms. The Morgan fingerprint density at radius 1 is 1.44 bits per heavy atom. The normalized spacial score (nSPS) is 13.1. The van der Waals surface area contributed by atoms with Crippen molar-refractivity contribution >= 4 is 15.9 Å². The molecule has 0 aliphatic carbocycles. The van der Waals surface area contributed by atoms with Crippen LogP contribution in [0.3, 0.4) is 0 Å². The average molecular weight is 286 g/mol. The smallest absolute Gasteiger partial charge is 0.0728 e. The van der Waals surface area contributed by atoms with Gasteiger partial charge in [-0.3, -0.25) is 16.3 Å². The Morgan fingerprint density at radius 3 is 2.62 bits per heavy atom. The van der Waals surface area contributed by atoms with Crippen molar-refractivity contribution in [2.45, 2.75) is 39.2 Å². The van der Waals surface area contributed by atoms with Crippen molar-refractivity contribution in [1.82, 2.24) is 10.4 Å². The highest BCUT2D eigenvalue weighted by molar-refractivity contribution is 9.10. The summed E-state index contributed by atoms with van der Waals surface area (Å²) < 4.78 is 1.02. The van der Waals surface area contributed by atoms with E-state index in [-0.39, 0.29) is 6.04 Å². The van der Waals surface area contributed by atoms with Gasteiger partial charge in [0.1, 0.15) is 0 Å². The predicted molar refractivity (Wildman–Crippen MR) is 70.7 cm³/mol. The van der Waals surface area contributed by atoms with E-state index >= 15 is 0 Å². The van der Waals surface area contributed by atoms with Crippen molar-refractivity contribution < 1.29 is 0 Å². The Balaban J connectivity index is 2.78. The molecule has 0 amide bonds. The first-order valence-corrected chi connectivity index (χ1v) is 6.58. The molecule has 0 saturated carbocycles. The van der Waals surface area contributed by atoms with Crippen molar-refractivity contribution in [3.8, 4) is 0 Å². The Labute approximate surface area is 106 Å². The van der Waals surface area contributed by atoms with Gasteiger partial charge in [-0.2, -0.15) is 0 Å². The first-order valence-electron chi connectivity index (χ1n) is 5.79. The second-order valence-electron chi connectivity index (χ2n) is 4.01. The standard InChI is InChI=1S/C12H20BrN3/c1-3-9(4-2)8-11(16-14)12-10(13)6-5-7-15-12/h5-7,9,11,16H,3-4,8,14H2,1-2H3. The summed E-state index contributed by atoms with van der Waals surface area (Å²) in [7, 11) is 0. The molecule has 1 aromatic heterocycles. The number of nitrogens with zero attached hydrogens (tertiary/aromatic N) is 1. The van der Waals surface area contributed by atoms with E-state index in [2.05, 4.69) is 40.2 Å². The molecule has 3 nitrogen and oxygen atoms in total. The summed E-state index contributed by atoms with van der Waals surface area (Å²) >= 11 is 3.51. The predicted octanol–water partition coefficient (Wildman–Crippen LogP) is 3.17. The maximum absolute atomic E-state index is 5.62. The third kappa shape index (κ3) is 3.54. The summed E-state index contributed by atoms with van der Waals surface area (Å²) in [4.78, 5) is 4.38. The summed E-state index contributed by atoms with van der Waals surface area (Å²) in [6, 6.07) is 4.04. The molecular formula is C12H20BrN3. The van der Waals surface area contributed by atoms with Crippen LogP contribution < -0.4 is 11.3 Å². The van der Waals surface area contributed by atoms with Gasteiger partial charge in [-0.05, 0) is 40.4 Å². The van der Waals surface area contributed by atoms with Crippen LogP contribution in [0.4, 0.5) is 0 Å². The number of hydrazine groups is 1. The number of nitrogens with two attached hydrogens (primary N) is 1. The van der Waals surface area contributed by atoms with Crippen LogP contribution in [-0.2, 0) is 0 Å². The SMILES string of the molecule is CCC(CC)CC(NN)c1ncccc1Br. The molecular weight excluding hydrogens is 266 g/mol. The summed E-state index contributed by atoms with van der Waals surface area (Å²) in [5, 5.41) is 0. The minimum atomic E-state index is 0.125. The quantitative estimate of drug-likeness (QED) is 0.624. The Kier molecular flexibility index (Phi) is 5.95. The molecule has 3 N–H and O–H groups in total. The van der Waals surface area contributed by atoms with E-state index in [9.17, 15) is 0 Å². The van der Waals surface area contributed by atoms with Crippen LogP contribution in [0.15, 0.2) is 22.8 Å². The second-order valence-corrected chi connectivity index (χ2v) is 4.86. The highest BCUT2D eigenvalue weighted by Crippen LogP contribution is 2.27. The zero-order valence-corrected chi connectivity index (χ0v) is 11.5. The Hall–Kier alpha value is -0.450. The summed E-state index contributed by atoms with van der Waals surface area (Å²) in [5.74, 6) is 6.31. The number of nitrogens with one attached hydrogen (secondary N) is 1. The van der Waals surface area contributed by atoms with E-state index < -0.39 is 0 Å². The fourth-order valence-corrected chi connectivity index (χ4v) is 2.40. The molecule has 0 saturated heterocycles. The van der Waals surface area contributed by atoms with Gasteiger partial charge >= 0.3 is 0 Å². The van der Waals surface area contributed by atoms with E-state index in [4.69, 9.17) is 5.84 Å². The van der Waals surface area contributed by atoms with Crippen LogP contribution in [0.25, 0.3) is 0 Å². The molecule has 0 aliphatic rings. The molecule has 0 aromatic carbocycles. The van der Waals surface area contributed by atoms with Gasteiger partial charge in [0.15, 0.2) is 0 Å². The minimum absolute atomic E-state index is 0.125. The van der Waals surface area contributed by atoms with E-state index in [0.29, 0.717) is 5.92 Å². The first-order chi connectivity index (χ1) is 7.72. The largest absolute Gasteiger partial charge is 0.271 e. The lowest BCUT2D eigenvalue weighted by Crippen LogP contribution is -2.30. The number of pyridine rings is 1. The fraction of sp³-hybridized carbons (Fsp3) is 0.583. The van der Waals surface area contributed by atoms with Crippen molar-refractivity contribution in [3.05, 3.63) is 28.5 Å². The van der Waals surface area contributed by atoms with Gasteiger partial charge in [0.05, 0.1) is 11.7 Å². The van der Waals surface area contributed by atoms with Crippen LogP contribution in [0, 0.1) is 5.92 Å². The van der Waals surface area contributed by atoms with Crippen LogP contribution in [0.5, 0.6) is 0 Å². The van der Waals surface area contributed by atoms with Crippen LogP contribution >= 0.6 is 15.9 Å². The van der Waals surface area contributed by atoms with Crippen LogP contribution in [0.2, 0.25) is 0 Å². The molecule has 1 atom stereocenters. The maximum atomic E-state index is 5.62. The van der Waals surface area contributed by atoms with E-state index in [1.54, 1.807) is 6.20 Å². The molecule has 90 valence electrons. The number of hydrogen-bond acceptors (Lipinski definition) is 3. The molecule has 1 unspecified atom stereocenters. The van der Waals surface area contributed by atoms with Crippen molar-refractivity contribution in [2.75, 3.05) is 0 Å². The molecule has 1 aromatic rings. The molecule has 0 bridgehead atoms. The van der Waals surface area contributed by atoms with Gasteiger partial charge in [-0.15, -0.1) is 0 Å². The molecule has 0 fully saturated rings. The van der Waals surface area contributed by atoms with Gasteiger partial charge in [-0.25, -0.2) is 0 Å². The zero-order chi connectivity index (χ0) is 12.0.